The van der Waals surface area contributed by atoms with E-state index >= 15 is 0 Å². The monoisotopic (exact) mass is 263 g/mol. The van der Waals surface area contributed by atoms with Crippen LogP contribution in [-0.4, -0.2) is 23.3 Å². The fourth-order valence-electron chi connectivity index (χ4n) is 1.79. The van der Waals surface area contributed by atoms with Gasteiger partial charge in [0.1, 0.15) is 6.10 Å². The largest absolute Gasteiger partial charge is 0.416 e. The number of alkyl halides is 3. The Labute approximate surface area is 104 Å². The molecule has 18 heavy (non-hydrogen) atoms. The summed E-state index contributed by atoms with van der Waals surface area (Å²) in [5.74, 6) is 0. The van der Waals surface area contributed by atoms with Crippen LogP contribution in [0.5, 0.6) is 0 Å². The lowest BCUT2D eigenvalue weighted by Crippen LogP contribution is -2.23. The van der Waals surface area contributed by atoms with E-state index in [1.54, 1.807) is 0 Å². The zero-order valence-electron chi connectivity index (χ0n) is 10.2. The Balaban J connectivity index is 3.08. The van der Waals surface area contributed by atoms with Gasteiger partial charge in [-0.1, -0.05) is 13.3 Å². The predicted octanol–water partition coefficient (Wildman–Crippen LogP) is 2.95. The quantitative estimate of drug-likeness (QED) is 0.888. The number of methoxy groups -OCH3 is 1. The molecular formula is C12H16F3NO2. The first-order chi connectivity index (χ1) is 8.41. The molecule has 0 amide bonds. The van der Waals surface area contributed by atoms with Gasteiger partial charge in [-0.3, -0.25) is 4.98 Å². The van der Waals surface area contributed by atoms with E-state index in [0.29, 0.717) is 12.8 Å². The van der Waals surface area contributed by atoms with Gasteiger partial charge < -0.3 is 9.84 Å². The fraction of sp³-hybridized carbons (Fsp3) is 0.583. The summed E-state index contributed by atoms with van der Waals surface area (Å²) in [5.41, 5.74) is -1.12. The summed E-state index contributed by atoms with van der Waals surface area (Å²) in [6.45, 7) is 1.87. The van der Waals surface area contributed by atoms with Gasteiger partial charge in [0.15, 0.2) is 0 Å². The first-order valence-corrected chi connectivity index (χ1v) is 5.63. The molecule has 0 spiro atoms. The molecule has 0 saturated heterocycles. The lowest BCUT2D eigenvalue weighted by atomic mass is 9.98. The van der Waals surface area contributed by atoms with Gasteiger partial charge in [-0.2, -0.15) is 13.2 Å². The third-order valence-corrected chi connectivity index (χ3v) is 2.70. The van der Waals surface area contributed by atoms with Crippen molar-refractivity contribution in [2.45, 2.75) is 38.1 Å². The Kier molecular flexibility index (Phi) is 5.10. The van der Waals surface area contributed by atoms with Gasteiger partial charge in [-0.05, 0) is 12.5 Å². The molecule has 1 rings (SSSR count). The molecule has 0 aromatic carbocycles. The van der Waals surface area contributed by atoms with Gasteiger partial charge in [0, 0.05) is 25.1 Å². The van der Waals surface area contributed by atoms with Gasteiger partial charge in [0.2, 0.25) is 0 Å². The molecule has 1 aromatic rings. The van der Waals surface area contributed by atoms with Gasteiger partial charge in [0.05, 0.1) is 11.7 Å². The number of nitrogens with zero attached hydrogens (tertiary/aromatic N) is 1. The lowest BCUT2D eigenvalue weighted by molar-refractivity contribution is -0.140. The standard InChI is InChI=1S/C12H16F3NO2/c1-3-4-10(18-2)11(17)8-7-16-6-5-9(8)12(13,14)15/h5-7,10-11,17H,3-4H2,1-2H3. The zero-order valence-corrected chi connectivity index (χ0v) is 10.2. The van der Waals surface area contributed by atoms with E-state index in [9.17, 15) is 18.3 Å². The first kappa shape index (κ1) is 14.9. The molecule has 0 aliphatic carbocycles. The Morgan fingerprint density at radius 3 is 2.61 bits per heavy atom. The Bertz CT molecular complexity index is 382. The smallest absolute Gasteiger partial charge is 0.386 e. The summed E-state index contributed by atoms with van der Waals surface area (Å²) in [6, 6.07) is 0.858. The first-order valence-electron chi connectivity index (χ1n) is 5.63. The number of aliphatic hydroxyl groups excluding tert-OH is 1. The minimum atomic E-state index is -4.51. The Morgan fingerprint density at radius 1 is 1.44 bits per heavy atom. The molecular weight excluding hydrogens is 247 g/mol. The molecule has 102 valence electrons. The van der Waals surface area contributed by atoms with Crippen LogP contribution in [0.15, 0.2) is 18.5 Å². The summed E-state index contributed by atoms with van der Waals surface area (Å²) in [4.78, 5) is 3.64. The molecule has 1 heterocycles. The van der Waals surface area contributed by atoms with Crippen molar-refractivity contribution in [1.29, 1.82) is 0 Å². The molecule has 0 bridgehead atoms. The molecule has 0 fully saturated rings. The Morgan fingerprint density at radius 2 is 2.11 bits per heavy atom. The molecule has 3 nitrogen and oxygen atoms in total. The van der Waals surface area contributed by atoms with Crippen molar-refractivity contribution in [3.05, 3.63) is 29.6 Å². The van der Waals surface area contributed by atoms with Crippen molar-refractivity contribution in [3.8, 4) is 0 Å². The molecule has 1 N–H and O–H groups in total. The highest BCUT2D eigenvalue weighted by Gasteiger charge is 2.36. The van der Waals surface area contributed by atoms with E-state index < -0.39 is 23.9 Å². The van der Waals surface area contributed by atoms with Crippen LogP contribution in [0.1, 0.15) is 37.0 Å². The van der Waals surface area contributed by atoms with Gasteiger partial charge in [0.25, 0.3) is 0 Å². The van der Waals surface area contributed by atoms with Crippen LogP contribution >= 0.6 is 0 Å². The van der Waals surface area contributed by atoms with E-state index in [0.717, 1.165) is 18.5 Å². The fourth-order valence-corrected chi connectivity index (χ4v) is 1.79. The van der Waals surface area contributed by atoms with Crippen LogP contribution in [0.3, 0.4) is 0 Å². The molecule has 0 saturated carbocycles. The van der Waals surface area contributed by atoms with E-state index in [2.05, 4.69) is 4.98 Å². The number of pyridine rings is 1. The highest BCUT2D eigenvalue weighted by Crippen LogP contribution is 2.35. The summed E-state index contributed by atoms with van der Waals surface area (Å²) < 4.78 is 43.4. The van der Waals surface area contributed by atoms with E-state index in [1.807, 2.05) is 6.92 Å². The third kappa shape index (κ3) is 3.43. The van der Waals surface area contributed by atoms with Crippen LogP contribution in [-0.2, 0) is 10.9 Å². The lowest BCUT2D eigenvalue weighted by Gasteiger charge is -2.23. The number of hydrogen-bond donors (Lipinski definition) is 1. The highest BCUT2D eigenvalue weighted by molar-refractivity contribution is 5.29. The maximum atomic E-state index is 12.8. The third-order valence-electron chi connectivity index (χ3n) is 2.70. The molecule has 1 aromatic heterocycles. The summed E-state index contributed by atoms with van der Waals surface area (Å²) in [6.07, 6.45) is -3.23. The molecule has 0 radical (unpaired) electrons. The minimum Gasteiger partial charge on any atom is -0.386 e. The van der Waals surface area contributed by atoms with Crippen molar-refractivity contribution >= 4 is 0 Å². The average molecular weight is 263 g/mol. The minimum absolute atomic E-state index is 0.245. The summed E-state index contributed by atoms with van der Waals surface area (Å²) >= 11 is 0. The van der Waals surface area contributed by atoms with Gasteiger partial charge >= 0.3 is 6.18 Å². The number of halogens is 3. The number of hydrogen-bond acceptors (Lipinski definition) is 3. The average Bonchev–Trinajstić information content (AvgIpc) is 2.34. The summed E-state index contributed by atoms with van der Waals surface area (Å²) in [7, 11) is 1.37. The second-order valence-electron chi connectivity index (χ2n) is 3.97. The van der Waals surface area contributed by atoms with Crippen LogP contribution in [0.4, 0.5) is 13.2 Å². The van der Waals surface area contributed by atoms with Crippen molar-refractivity contribution in [3.63, 3.8) is 0 Å². The van der Waals surface area contributed by atoms with E-state index in [-0.39, 0.29) is 5.56 Å². The van der Waals surface area contributed by atoms with Crippen molar-refractivity contribution in [2.24, 2.45) is 0 Å². The number of rotatable bonds is 5. The van der Waals surface area contributed by atoms with E-state index in [4.69, 9.17) is 4.74 Å². The maximum Gasteiger partial charge on any atom is 0.416 e. The topological polar surface area (TPSA) is 42.4 Å². The molecule has 2 unspecified atom stereocenters. The van der Waals surface area contributed by atoms with Gasteiger partial charge in [-0.25, -0.2) is 0 Å². The highest BCUT2D eigenvalue weighted by atomic mass is 19.4. The predicted molar refractivity (Wildman–Crippen MR) is 59.9 cm³/mol. The number of ether oxygens (including phenoxy) is 1. The second kappa shape index (κ2) is 6.15. The van der Waals surface area contributed by atoms with Crippen LogP contribution in [0, 0.1) is 0 Å². The van der Waals surface area contributed by atoms with Crippen molar-refractivity contribution < 1.29 is 23.0 Å². The van der Waals surface area contributed by atoms with Crippen molar-refractivity contribution in [2.75, 3.05) is 7.11 Å². The maximum absolute atomic E-state index is 12.8. The second-order valence-corrected chi connectivity index (χ2v) is 3.97. The normalized spacial score (nSPS) is 15.4. The molecule has 0 aliphatic heterocycles. The zero-order chi connectivity index (χ0) is 13.8. The van der Waals surface area contributed by atoms with Crippen LogP contribution < -0.4 is 0 Å². The number of aliphatic hydroxyl groups is 1. The van der Waals surface area contributed by atoms with Gasteiger partial charge in [-0.15, -0.1) is 0 Å². The summed E-state index contributed by atoms with van der Waals surface area (Å²) in [5, 5.41) is 9.99. The molecule has 0 aliphatic rings. The van der Waals surface area contributed by atoms with Crippen molar-refractivity contribution in [1.82, 2.24) is 4.98 Å². The van der Waals surface area contributed by atoms with Crippen LogP contribution in [0.2, 0.25) is 0 Å². The Hall–Kier alpha value is -1.14. The molecule has 2 atom stereocenters. The number of aromatic nitrogens is 1. The van der Waals surface area contributed by atoms with Crippen LogP contribution in [0.25, 0.3) is 0 Å². The SMILES string of the molecule is CCCC(OC)C(O)c1cnccc1C(F)(F)F. The molecule has 6 heteroatoms. The van der Waals surface area contributed by atoms with E-state index in [1.165, 1.54) is 7.11 Å².